The van der Waals surface area contributed by atoms with Gasteiger partial charge in [-0.05, 0) is 42.7 Å². The molecule has 1 unspecified atom stereocenters. The smallest absolute Gasteiger partial charge is 0.0460 e. The van der Waals surface area contributed by atoms with Crippen LogP contribution in [-0.2, 0) is 6.42 Å². The Bertz CT molecular complexity index is 783. The summed E-state index contributed by atoms with van der Waals surface area (Å²) >= 11 is 6.20. The lowest BCUT2D eigenvalue weighted by Gasteiger charge is -2.13. The van der Waals surface area contributed by atoms with Crippen molar-refractivity contribution in [2.45, 2.75) is 39.5 Å². The third-order valence-corrected chi connectivity index (χ3v) is 4.65. The summed E-state index contributed by atoms with van der Waals surface area (Å²) in [6, 6.07) is 15.0. The first-order valence-corrected chi connectivity index (χ1v) is 8.34. The molecule has 0 saturated carbocycles. The maximum Gasteiger partial charge on any atom is 0.0460 e. The van der Waals surface area contributed by atoms with Crippen LogP contribution in [0.4, 0.5) is 0 Å². The maximum atomic E-state index is 6.20. The van der Waals surface area contributed by atoms with E-state index in [9.17, 15) is 0 Å². The summed E-state index contributed by atoms with van der Waals surface area (Å²) in [5, 5.41) is 2.07. The number of benzene rings is 2. The average Bonchev–Trinajstić information content (AvgIpc) is 2.86. The zero-order chi connectivity index (χ0) is 15.7. The molecule has 0 amide bonds. The average molecular weight is 312 g/mol. The Balaban J connectivity index is 2.12. The number of hydrogen-bond donors (Lipinski definition) is 1. The van der Waals surface area contributed by atoms with E-state index < -0.39 is 0 Å². The first kappa shape index (κ1) is 15.2. The summed E-state index contributed by atoms with van der Waals surface area (Å²) < 4.78 is 0. The molecule has 0 aliphatic carbocycles. The zero-order valence-corrected chi connectivity index (χ0v) is 14.2. The number of fused-ring (bicyclic) bond motifs is 1. The van der Waals surface area contributed by atoms with Crippen LogP contribution in [-0.4, -0.2) is 4.98 Å². The van der Waals surface area contributed by atoms with Gasteiger partial charge in [-0.3, -0.25) is 0 Å². The quantitative estimate of drug-likeness (QED) is 0.587. The van der Waals surface area contributed by atoms with Crippen LogP contribution in [0.2, 0.25) is 5.02 Å². The van der Waals surface area contributed by atoms with Gasteiger partial charge in [-0.25, -0.2) is 0 Å². The van der Waals surface area contributed by atoms with Crippen LogP contribution in [0, 0.1) is 6.92 Å². The van der Waals surface area contributed by atoms with Crippen LogP contribution < -0.4 is 0 Å². The number of aromatic nitrogens is 1. The monoisotopic (exact) mass is 311 g/mol. The van der Waals surface area contributed by atoms with Crippen molar-refractivity contribution in [1.82, 2.24) is 4.98 Å². The van der Waals surface area contributed by atoms with Crippen molar-refractivity contribution in [2.24, 2.45) is 0 Å². The molecule has 1 heterocycles. The second kappa shape index (κ2) is 6.18. The van der Waals surface area contributed by atoms with Gasteiger partial charge in [0.05, 0.1) is 0 Å². The highest BCUT2D eigenvalue weighted by Gasteiger charge is 2.17. The van der Waals surface area contributed by atoms with Crippen molar-refractivity contribution >= 4 is 22.5 Å². The van der Waals surface area contributed by atoms with Gasteiger partial charge in [-0.1, -0.05) is 61.7 Å². The molecule has 1 aromatic heterocycles. The van der Waals surface area contributed by atoms with Crippen LogP contribution in [0.3, 0.4) is 0 Å². The number of aromatic amines is 1. The minimum atomic E-state index is 0.355. The second-order valence-electron chi connectivity index (χ2n) is 6.09. The maximum absolute atomic E-state index is 6.20. The van der Waals surface area contributed by atoms with Crippen LogP contribution in [0.15, 0.2) is 42.5 Å². The molecule has 0 aliphatic rings. The Morgan fingerprint density at radius 3 is 2.50 bits per heavy atom. The zero-order valence-electron chi connectivity index (χ0n) is 13.4. The molecule has 0 radical (unpaired) electrons. The number of halogens is 1. The van der Waals surface area contributed by atoms with Gasteiger partial charge in [0.25, 0.3) is 0 Å². The third kappa shape index (κ3) is 2.78. The van der Waals surface area contributed by atoms with Crippen molar-refractivity contribution in [1.29, 1.82) is 0 Å². The number of nitrogens with one attached hydrogen (secondary N) is 1. The number of H-pyrrole nitrogens is 1. The molecule has 0 fully saturated rings. The summed E-state index contributed by atoms with van der Waals surface area (Å²) in [6.07, 6.45) is 2.21. The molecule has 0 bridgehead atoms. The number of aryl methyl sites for hydroxylation is 2. The highest BCUT2D eigenvalue weighted by molar-refractivity contribution is 6.31. The highest BCUT2D eigenvalue weighted by Crippen LogP contribution is 2.33. The summed E-state index contributed by atoms with van der Waals surface area (Å²) in [7, 11) is 0. The largest absolute Gasteiger partial charge is 0.358 e. The van der Waals surface area contributed by atoms with Gasteiger partial charge >= 0.3 is 0 Å². The molecule has 3 rings (SSSR count). The van der Waals surface area contributed by atoms with E-state index in [-0.39, 0.29) is 0 Å². The number of rotatable bonds is 4. The van der Waals surface area contributed by atoms with Crippen LogP contribution >= 0.6 is 11.6 Å². The molecule has 1 N–H and O–H groups in total. The van der Waals surface area contributed by atoms with Crippen molar-refractivity contribution in [3.63, 3.8) is 0 Å². The molecule has 2 heteroatoms. The predicted octanol–water partition coefficient (Wildman–Crippen LogP) is 6.23. The Morgan fingerprint density at radius 2 is 1.82 bits per heavy atom. The third-order valence-electron chi connectivity index (χ3n) is 4.41. The molecule has 0 aliphatic heterocycles. The summed E-state index contributed by atoms with van der Waals surface area (Å²) in [4.78, 5) is 3.63. The standard InChI is InChI=1S/C20H22ClN/c1-4-5-17-18-12-16(21)10-11-19(18)22-20(17)14(3)15-8-6-13(2)7-9-15/h6-12,14,22H,4-5H2,1-3H3. The van der Waals surface area contributed by atoms with Gasteiger partial charge in [0, 0.05) is 27.5 Å². The van der Waals surface area contributed by atoms with Gasteiger partial charge in [0.15, 0.2) is 0 Å². The van der Waals surface area contributed by atoms with Crippen molar-refractivity contribution in [3.05, 3.63) is 69.9 Å². The summed E-state index contributed by atoms with van der Waals surface area (Å²) in [6.45, 7) is 6.63. The van der Waals surface area contributed by atoms with E-state index in [2.05, 4.69) is 62.2 Å². The second-order valence-corrected chi connectivity index (χ2v) is 6.53. The minimum Gasteiger partial charge on any atom is -0.358 e. The molecule has 0 spiro atoms. The molecule has 1 atom stereocenters. The molecule has 3 aromatic rings. The van der Waals surface area contributed by atoms with Crippen molar-refractivity contribution < 1.29 is 0 Å². The lowest BCUT2D eigenvalue weighted by Crippen LogP contribution is -2.00. The molecule has 0 saturated heterocycles. The molecular weight excluding hydrogens is 290 g/mol. The first-order chi connectivity index (χ1) is 10.6. The van der Waals surface area contributed by atoms with Crippen LogP contribution in [0.5, 0.6) is 0 Å². The first-order valence-electron chi connectivity index (χ1n) is 7.96. The van der Waals surface area contributed by atoms with Crippen molar-refractivity contribution in [3.8, 4) is 0 Å². The van der Waals surface area contributed by atoms with Gasteiger partial charge < -0.3 is 4.98 Å². The molecule has 2 aromatic carbocycles. The van der Waals surface area contributed by atoms with Crippen LogP contribution in [0.25, 0.3) is 10.9 Å². The van der Waals surface area contributed by atoms with Crippen LogP contribution in [0.1, 0.15) is 48.6 Å². The fourth-order valence-electron chi connectivity index (χ4n) is 3.15. The van der Waals surface area contributed by atoms with E-state index in [0.717, 1.165) is 17.9 Å². The summed E-state index contributed by atoms with van der Waals surface area (Å²) in [5.41, 5.74) is 6.56. The van der Waals surface area contributed by atoms with E-state index in [4.69, 9.17) is 11.6 Å². The normalized spacial score (nSPS) is 12.7. The Kier molecular flexibility index (Phi) is 4.26. The fraction of sp³-hybridized carbons (Fsp3) is 0.300. The SMILES string of the molecule is CCCc1c(C(C)c2ccc(C)cc2)[nH]c2ccc(Cl)cc12. The van der Waals surface area contributed by atoms with Gasteiger partial charge in [0.1, 0.15) is 0 Å². The molecular formula is C20H22ClN. The van der Waals surface area contributed by atoms with Gasteiger partial charge in [-0.15, -0.1) is 0 Å². The van der Waals surface area contributed by atoms with E-state index in [0.29, 0.717) is 5.92 Å². The van der Waals surface area contributed by atoms with E-state index in [1.807, 2.05) is 6.07 Å². The van der Waals surface area contributed by atoms with Crippen molar-refractivity contribution in [2.75, 3.05) is 0 Å². The highest BCUT2D eigenvalue weighted by atomic mass is 35.5. The lowest BCUT2D eigenvalue weighted by atomic mass is 9.92. The van der Waals surface area contributed by atoms with E-state index in [1.54, 1.807) is 0 Å². The predicted molar refractivity (Wildman–Crippen MR) is 96.0 cm³/mol. The fourth-order valence-corrected chi connectivity index (χ4v) is 3.32. The van der Waals surface area contributed by atoms with Gasteiger partial charge in [-0.2, -0.15) is 0 Å². The Morgan fingerprint density at radius 1 is 1.09 bits per heavy atom. The Labute approximate surface area is 137 Å². The summed E-state index contributed by atoms with van der Waals surface area (Å²) in [5.74, 6) is 0.355. The lowest BCUT2D eigenvalue weighted by molar-refractivity contribution is 0.837. The van der Waals surface area contributed by atoms with E-state index >= 15 is 0 Å². The minimum absolute atomic E-state index is 0.355. The van der Waals surface area contributed by atoms with E-state index in [1.165, 1.54) is 33.3 Å². The molecule has 114 valence electrons. The van der Waals surface area contributed by atoms with Gasteiger partial charge in [0.2, 0.25) is 0 Å². The molecule has 22 heavy (non-hydrogen) atoms. The molecule has 1 nitrogen and oxygen atoms in total. The Hall–Kier alpha value is -1.73. The number of hydrogen-bond acceptors (Lipinski definition) is 0. The topological polar surface area (TPSA) is 15.8 Å².